The maximum atomic E-state index is 13.4. The predicted octanol–water partition coefficient (Wildman–Crippen LogP) is 5.21. The number of nitrogens with one attached hydrogen (secondary N) is 2. The molecule has 10 heteroatoms. The zero-order valence-electron chi connectivity index (χ0n) is 18.2. The summed E-state index contributed by atoms with van der Waals surface area (Å²) >= 11 is 1.19. The van der Waals surface area contributed by atoms with Crippen LogP contribution < -0.4 is 10.7 Å². The lowest BCUT2D eigenvalue weighted by Gasteiger charge is -2.33. The van der Waals surface area contributed by atoms with Crippen LogP contribution in [0.3, 0.4) is 0 Å². The summed E-state index contributed by atoms with van der Waals surface area (Å²) in [6.45, 7) is 4.09. The molecule has 174 valence electrons. The van der Waals surface area contributed by atoms with E-state index < -0.39 is 28.9 Å². The second-order valence-corrected chi connectivity index (χ2v) is 8.87. The smallest absolute Gasteiger partial charge is 0.324 e. The van der Waals surface area contributed by atoms with E-state index in [4.69, 9.17) is 0 Å². The van der Waals surface area contributed by atoms with Crippen molar-refractivity contribution in [3.8, 4) is 0 Å². The maximum Gasteiger partial charge on any atom is 0.418 e. The number of halogens is 3. The van der Waals surface area contributed by atoms with Gasteiger partial charge in [0, 0.05) is 6.42 Å². The van der Waals surface area contributed by atoms with E-state index in [-0.39, 0.29) is 5.69 Å². The summed E-state index contributed by atoms with van der Waals surface area (Å²) in [7, 11) is 0. The van der Waals surface area contributed by atoms with Gasteiger partial charge in [0.05, 0.1) is 17.3 Å². The van der Waals surface area contributed by atoms with E-state index in [0.29, 0.717) is 11.6 Å². The number of hydrogen-bond acceptors (Lipinski definition) is 5. The number of rotatable bonds is 6. The summed E-state index contributed by atoms with van der Waals surface area (Å²) in [5, 5.41) is 10.6. The molecule has 4 rings (SSSR count). The first kappa shape index (κ1) is 23.2. The second-order valence-electron chi connectivity index (χ2n) is 7.76. The Balaban J connectivity index is 1.68. The normalized spacial score (nSPS) is 17.8. The van der Waals surface area contributed by atoms with E-state index in [2.05, 4.69) is 27.9 Å². The van der Waals surface area contributed by atoms with Gasteiger partial charge in [-0.1, -0.05) is 62.0 Å². The first-order chi connectivity index (χ1) is 15.8. The van der Waals surface area contributed by atoms with Gasteiger partial charge in [-0.3, -0.25) is 4.79 Å². The number of para-hydroxylation sites is 1. The molecule has 0 spiro atoms. The van der Waals surface area contributed by atoms with Gasteiger partial charge in [0.15, 0.2) is 5.82 Å². The van der Waals surface area contributed by atoms with Gasteiger partial charge in [-0.15, -0.1) is 10.2 Å². The molecule has 0 aliphatic carbocycles. The van der Waals surface area contributed by atoms with Crippen molar-refractivity contribution in [3.63, 3.8) is 0 Å². The zero-order valence-corrected chi connectivity index (χ0v) is 19.0. The van der Waals surface area contributed by atoms with Crippen LogP contribution in [-0.4, -0.2) is 26.0 Å². The van der Waals surface area contributed by atoms with Crippen LogP contribution >= 0.6 is 11.8 Å². The summed E-state index contributed by atoms with van der Waals surface area (Å²) in [5.41, 5.74) is 4.18. The molecule has 1 aliphatic rings. The van der Waals surface area contributed by atoms with Crippen molar-refractivity contribution in [3.05, 3.63) is 71.0 Å². The van der Waals surface area contributed by atoms with Gasteiger partial charge in [0.25, 0.3) is 0 Å². The molecule has 1 aliphatic heterocycles. The number of fused-ring (bicyclic) bond motifs is 1. The summed E-state index contributed by atoms with van der Waals surface area (Å²) in [6, 6.07) is 12.3. The van der Waals surface area contributed by atoms with Crippen molar-refractivity contribution in [2.75, 3.05) is 10.7 Å². The van der Waals surface area contributed by atoms with E-state index in [1.54, 1.807) is 4.68 Å². The summed E-state index contributed by atoms with van der Waals surface area (Å²) in [6.07, 6.45) is -2.12. The number of aromatic nitrogens is 3. The van der Waals surface area contributed by atoms with E-state index in [0.717, 1.165) is 35.9 Å². The number of benzene rings is 2. The fourth-order valence-electron chi connectivity index (χ4n) is 3.74. The van der Waals surface area contributed by atoms with Gasteiger partial charge in [-0.25, -0.2) is 4.68 Å². The molecule has 6 nitrogen and oxygen atoms in total. The number of alkyl halides is 3. The van der Waals surface area contributed by atoms with E-state index in [1.807, 2.05) is 31.2 Å². The topological polar surface area (TPSA) is 71.8 Å². The van der Waals surface area contributed by atoms with Gasteiger partial charge in [-0.05, 0) is 36.1 Å². The number of carbonyl (C=O) groups is 1. The molecule has 0 fully saturated rings. The molecule has 2 heterocycles. The Morgan fingerprint density at radius 1 is 1.12 bits per heavy atom. The van der Waals surface area contributed by atoms with Crippen molar-refractivity contribution in [1.29, 1.82) is 0 Å². The van der Waals surface area contributed by atoms with E-state index >= 15 is 0 Å². The highest BCUT2D eigenvalue weighted by Gasteiger charge is 2.39. The van der Waals surface area contributed by atoms with Crippen LogP contribution in [-0.2, 0) is 23.8 Å². The van der Waals surface area contributed by atoms with Crippen LogP contribution in [0.25, 0.3) is 0 Å². The molecule has 33 heavy (non-hydrogen) atoms. The van der Waals surface area contributed by atoms with Crippen molar-refractivity contribution < 1.29 is 18.0 Å². The van der Waals surface area contributed by atoms with Crippen LogP contribution in [0.2, 0.25) is 0 Å². The Hall–Kier alpha value is -3.01. The Kier molecular flexibility index (Phi) is 6.64. The largest absolute Gasteiger partial charge is 0.418 e. The SMILES string of the molecule is CCCc1nnc2n1N[C@@H](c1ccc(CC)cc1)[C@@H](C(=O)Nc1ccccc1C(F)(F)F)S2. The molecule has 0 saturated heterocycles. The summed E-state index contributed by atoms with van der Waals surface area (Å²) in [4.78, 5) is 13.3. The molecule has 0 saturated carbocycles. The maximum absolute atomic E-state index is 13.4. The number of hydrogen-bond donors (Lipinski definition) is 2. The van der Waals surface area contributed by atoms with Crippen molar-refractivity contribution in [1.82, 2.24) is 14.9 Å². The number of thioether (sulfide) groups is 1. The van der Waals surface area contributed by atoms with Crippen molar-refractivity contribution >= 4 is 23.4 Å². The lowest BCUT2D eigenvalue weighted by atomic mass is 10.0. The summed E-state index contributed by atoms with van der Waals surface area (Å²) < 4.78 is 42.1. The second kappa shape index (κ2) is 9.46. The lowest BCUT2D eigenvalue weighted by Crippen LogP contribution is -2.41. The van der Waals surface area contributed by atoms with E-state index in [1.165, 1.54) is 30.0 Å². The Bertz CT molecular complexity index is 1130. The standard InChI is InChI=1S/C23H24F3N5OS/c1-3-7-18-28-29-22-31(18)30-19(15-12-10-14(4-2)11-13-15)20(33-22)21(32)27-17-9-6-5-8-16(17)23(24,25)26/h5-6,8-13,19-20,30H,3-4,7H2,1-2H3,(H,27,32)/t19-,20-/m0/s1. The Morgan fingerprint density at radius 2 is 1.85 bits per heavy atom. The molecular formula is C23H24F3N5OS. The molecule has 0 radical (unpaired) electrons. The van der Waals surface area contributed by atoms with Gasteiger partial charge < -0.3 is 10.7 Å². The minimum atomic E-state index is -4.58. The molecule has 1 amide bonds. The quantitative estimate of drug-likeness (QED) is 0.512. The van der Waals surface area contributed by atoms with Gasteiger partial charge >= 0.3 is 6.18 Å². The third kappa shape index (κ3) is 4.85. The Labute approximate surface area is 194 Å². The highest BCUT2D eigenvalue weighted by molar-refractivity contribution is 8.00. The number of aryl methyl sites for hydroxylation is 2. The van der Waals surface area contributed by atoms with Gasteiger partial charge in [0.2, 0.25) is 11.1 Å². The van der Waals surface area contributed by atoms with Crippen LogP contribution in [0.4, 0.5) is 18.9 Å². The highest BCUT2D eigenvalue weighted by atomic mass is 32.2. The predicted molar refractivity (Wildman–Crippen MR) is 122 cm³/mol. The highest BCUT2D eigenvalue weighted by Crippen LogP contribution is 2.39. The van der Waals surface area contributed by atoms with E-state index in [9.17, 15) is 18.0 Å². The number of anilines is 1. The number of nitrogens with zero attached hydrogens (tertiary/aromatic N) is 3. The third-order valence-corrected chi connectivity index (χ3v) is 6.69. The fraction of sp³-hybridized carbons (Fsp3) is 0.348. The number of amides is 1. The zero-order chi connectivity index (χ0) is 23.6. The average molecular weight is 476 g/mol. The minimum Gasteiger partial charge on any atom is -0.324 e. The molecular weight excluding hydrogens is 451 g/mol. The monoisotopic (exact) mass is 475 g/mol. The molecule has 1 aromatic heterocycles. The summed E-state index contributed by atoms with van der Waals surface area (Å²) in [5.74, 6) is 0.205. The third-order valence-electron chi connectivity index (χ3n) is 5.47. The minimum absolute atomic E-state index is 0.269. The van der Waals surface area contributed by atoms with Gasteiger partial charge in [-0.2, -0.15) is 13.2 Å². The van der Waals surface area contributed by atoms with Crippen molar-refractivity contribution in [2.24, 2.45) is 0 Å². The van der Waals surface area contributed by atoms with Crippen LogP contribution in [0, 0.1) is 0 Å². The molecule has 3 aromatic rings. The first-order valence-electron chi connectivity index (χ1n) is 10.7. The first-order valence-corrected chi connectivity index (χ1v) is 11.6. The van der Waals surface area contributed by atoms with Gasteiger partial charge in [0.1, 0.15) is 5.25 Å². The van der Waals surface area contributed by atoms with Crippen molar-refractivity contribution in [2.45, 2.75) is 55.7 Å². The fourth-order valence-corrected chi connectivity index (χ4v) is 4.84. The molecule has 2 atom stereocenters. The average Bonchev–Trinajstić information content (AvgIpc) is 3.20. The number of carbonyl (C=O) groups excluding carboxylic acids is 1. The van der Waals surface area contributed by atoms with Crippen LogP contribution in [0.5, 0.6) is 0 Å². The molecule has 2 aromatic carbocycles. The molecule has 0 bridgehead atoms. The van der Waals surface area contributed by atoms with Crippen LogP contribution in [0.15, 0.2) is 53.7 Å². The lowest BCUT2D eigenvalue weighted by molar-refractivity contribution is -0.137. The molecule has 2 N–H and O–H groups in total. The molecule has 0 unspecified atom stereocenters. The Morgan fingerprint density at radius 3 is 2.52 bits per heavy atom. The van der Waals surface area contributed by atoms with Crippen LogP contribution in [0.1, 0.15) is 48.8 Å².